The third-order valence-corrected chi connectivity index (χ3v) is 13.4. The molecule has 0 aliphatic rings. The molecule has 0 unspecified atom stereocenters. The van der Waals surface area contributed by atoms with E-state index in [0.717, 1.165) is 30.3 Å². The van der Waals surface area contributed by atoms with Gasteiger partial charge in [-0.2, -0.15) is 16.8 Å². The van der Waals surface area contributed by atoms with Crippen LogP contribution in [-0.4, -0.2) is 88.4 Å². The van der Waals surface area contributed by atoms with Gasteiger partial charge in [0.15, 0.2) is 37.7 Å². The Bertz CT molecular complexity index is 2700. The number of sulfone groups is 2. The second kappa shape index (κ2) is 21.4. The van der Waals surface area contributed by atoms with Gasteiger partial charge in [0.25, 0.3) is 10.1 Å². The van der Waals surface area contributed by atoms with Crippen molar-refractivity contribution in [3.8, 4) is 5.75 Å². The molecule has 0 aliphatic heterocycles. The molecular formula is C26H25N5O22S7. The van der Waals surface area contributed by atoms with Crippen molar-refractivity contribution in [2.45, 2.75) is 24.5 Å². The summed E-state index contributed by atoms with van der Waals surface area (Å²) in [5.74, 6) is -2.32. The maximum atomic E-state index is 12.8. The molecule has 0 fully saturated rings. The SMILES string of the molecule is Nc1ccc2c(O)c(N=Nc3ccc(S(=O)(=O)CCOSOOO)cc3S(=O)(=O)O)c(SOOO)cc2c1N=Nc1ccc(S(=O)(=O)CCOS(=O)(=O)O)cc1SOOO. The first-order valence-electron chi connectivity index (χ1n) is 15.0. The van der Waals surface area contributed by atoms with E-state index in [4.69, 9.17) is 30.2 Å². The van der Waals surface area contributed by atoms with E-state index in [-0.39, 0.29) is 74.0 Å². The smallest absolute Gasteiger partial charge is 0.397 e. The van der Waals surface area contributed by atoms with E-state index >= 15 is 0 Å². The predicted molar refractivity (Wildman–Crippen MR) is 202 cm³/mol. The largest absolute Gasteiger partial charge is 0.505 e. The number of phenols is 1. The quantitative estimate of drug-likeness (QED) is 0.00926. The second-order valence-corrected chi connectivity index (χ2v) is 19.4. The number of hydrogen-bond acceptors (Lipinski definition) is 28. The first-order valence-corrected chi connectivity index (χ1v) is 23.3. The van der Waals surface area contributed by atoms with Crippen LogP contribution in [0, 0.1) is 0 Å². The van der Waals surface area contributed by atoms with Gasteiger partial charge in [0, 0.05) is 10.8 Å². The molecule has 4 aromatic rings. The number of rotatable bonds is 23. The lowest BCUT2D eigenvalue weighted by Gasteiger charge is -2.12. The Kier molecular flexibility index (Phi) is 17.4. The van der Waals surface area contributed by atoms with Crippen LogP contribution in [0.5, 0.6) is 5.75 Å². The Morgan fingerprint density at radius 3 is 1.80 bits per heavy atom. The summed E-state index contributed by atoms with van der Waals surface area (Å²) >= 11 is 0.592. The van der Waals surface area contributed by atoms with Gasteiger partial charge in [-0.05, 0) is 54.6 Å². The van der Waals surface area contributed by atoms with Crippen molar-refractivity contribution >= 4 is 116 Å². The number of nitrogens with zero attached hydrogens (tertiary/aromatic N) is 4. The lowest BCUT2D eigenvalue weighted by molar-refractivity contribution is -0.434. The molecule has 0 heterocycles. The van der Waals surface area contributed by atoms with Crippen LogP contribution in [-0.2, 0) is 76.7 Å². The minimum atomic E-state index is -5.18. The number of fused-ring (bicyclic) bond motifs is 1. The molecule has 4 rings (SSSR count). The van der Waals surface area contributed by atoms with Crippen LogP contribution in [0.25, 0.3) is 10.8 Å². The van der Waals surface area contributed by atoms with Crippen molar-refractivity contribution in [1.82, 2.24) is 0 Å². The molecule has 0 saturated heterocycles. The van der Waals surface area contributed by atoms with E-state index < -0.39 is 96.7 Å². The zero-order valence-electron chi connectivity index (χ0n) is 29.0. The van der Waals surface area contributed by atoms with Gasteiger partial charge in [0.1, 0.15) is 27.6 Å². The zero-order chi connectivity index (χ0) is 44.3. The van der Waals surface area contributed by atoms with Crippen LogP contribution < -0.4 is 5.73 Å². The lowest BCUT2D eigenvalue weighted by atomic mass is 10.1. The topological polar surface area (TPSA) is 407 Å². The number of phenolic OH excluding ortho intramolecular Hbond substituents is 1. The fourth-order valence-corrected chi connectivity index (χ4v) is 9.21. The molecule has 328 valence electrons. The summed E-state index contributed by atoms with van der Waals surface area (Å²) in [6.07, 6.45) is 0. The highest BCUT2D eigenvalue weighted by Gasteiger charge is 2.24. The van der Waals surface area contributed by atoms with E-state index in [2.05, 4.69) is 52.8 Å². The van der Waals surface area contributed by atoms with Crippen LogP contribution in [0.3, 0.4) is 0 Å². The molecule has 0 aromatic heterocycles. The second-order valence-electron chi connectivity index (χ2n) is 10.7. The van der Waals surface area contributed by atoms with E-state index in [0.29, 0.717) is 6.07 Å². The molecule has 0 saturated carbocycles. The van der Waals surface area contributed by atoms with Gasteiger partial charge in [-0.25, -0.2) is 36.8 Å². The van der Waals surface area contributed by atoms with Crippen molar-refractivity contribution in [2.24, 2.45) is 20.5 Å². The van der Waals surface area contributed by atoms with Crippen molar-refractivity contribution in [2.75, 3.05) is 30.5 Å². The van der Waals surface area contributed by atoms with E-state index in [9.17, 15) is 43.3 Å². The fourth-order valence-electron chi connectivity index (χ4n) is 4.51. The molecular weight excluding hydrogens is 959 g/mol. The molecule has 4 aromatic carbocycles. The number of nitrogens with two attached hydrogens (primary N) is 1. The highest BCUT2D eigenvalue weighted by molar-refractivity contribution is 7.95. The van der Waals surface area contributed by atoms with Crippen LogP contribution in [0.4, 0.5) is 28.4 Å². The Morgan fingerprint density at radius 2 is 1.18 bits per heavy atom. The van der Waals surface area contributed by atoms with Gasteiger partial charge in [-0.15, -0.1) is 33.5 Å². The summed E-state index contributed by atoms with van der Waals surface area (Å²) < 4.78 is 138. The standard InChI is InChI=1S/C26H25N5O22S7/c27-18-4-3-16-17(24(18)30-28-19-5-1-14(11-21(19)54-51-48-33)58(38,39)10-8-47-60(43,44)45)13-22(55-52-49-34)25(26(16)32)31-29-20-6-2-15(12-23(20)59(40,41)42)57(36,37)9-7-46-56-53-50-35/h1-6,11-13,32-35H,7-10,27H2,(H,40,41,42)(H,43,44,45). The summed E-state index contributed by atoms with van der Waals surface area (Å²) in [6.45, 7) is -1.46. The first-order chi connectivity index (χ1) is 28.2. The molecule has 0 bridgehead atoms. The van der Waals surface area contributed by atoms with Gasteiger partial charge < -0.3 is 10.8 Å². The number of azo groups is 2. The minimum Gasteiger partial charge on any atom is -0.505 e. The summed E-state index contributed by atoms with van der Waals surface area (Å²) in [4.78, 5) is -2.41. The molecule has 34 heteroatoms. The zero-order valence-corrected chi connectivity index (χ0v) is 34.7. The third kappa shape index (κ3) is 13.4. The van der Waals surface area contributed by atoms with Gasteiger partial charge in [-0.3, -0.25) is 13.3 Å². The number of anilines is 1. The fraction of sp³-hybridized carbons (Fsp3) is 0.154. The Balaban J connectivity index is 1.77. The Hall–Kier alpha value is -3.73. The number of benzene rings is 4. The highest BCUT2D eigenvalue weighted by atomic mass is 32.3. The Morgan fingerprint density at radius 1 is 0.617 bits per heavy atom. The van der Waals surface area contributed by atoms with E-state index in [1.165, 1.54) is 18.2 Å². The molecule has 8 N–H and O–H groups in total. The summed E-state index contributed by atoms with van der Waals surface area (Å²) in [5, 5.41) is 63.3. The van der Waals surface area contributed by atoms with Gasteiger partial charge in [-0.1, -0.05) is 15.1 Å². The number of aromatic hydroxyl groups is 1. The van der Waals surface area contributed by atoms with Gasteiger partial charge >= 0.3 is 10.4 Å². The van der Waals surface area contributed by atoms with E-state index in [1.807, 2.05) is 0 Å². The minimum absolute atomic E-state index is 0.00688. The van der Waals surface area contributed by atoms with Crippen LogP contribution in [0.1, 0.15) is 0 Å². The molecule has 0 radical (unpaired) electrons. The number of nitrogen functional groups attached to an aromatic ring is 1. The van der Waals surface area contributed by atoms with Crippen molar-refractivity contribution in [3.05, 3.63) is 54.6 Å². The van der Waals surface area contributed by atoms with Crippen LogP contribution in [0.15, 0.2) is 99.5 Å². The lowest BCUT2D eigenvalue weighted by Crippen LogP contribution is -2.15. The molecule has 60 heavy (non-hydrogen) atoms. The average Bonchev–Trinajstić information content (AvgIpc) is 3.17. The highest BCUT2D eigenvalue weighted by Crippen LogP contribution is 2.48. The van der Waals surface area contributed by atoms with Crippen molar-refractivity contribution in [1.29, 1.82) is 0 Å². The van der Waals surface area contributed by atoms with Crippen LogP contribution in [0.2, 0.25) is 0 Å². The van der Waals surface area contributed by atoms with E-state index in [1.54, 1.807) is 0 Å². The Labute approximate surface area is 350 Å². The molecule has 0 aliphatic carbocycles. The predicted octanol–water partition coefficient (Wildman–Crippen LogP) is 5.43. The number of hydrogen-bond donors (Lipinski definition) is 7. The van der Waals surface area contributed by atoms with Crippen molar-refractivity contribution < 1.29 is 100 Å². The average molecular weight is 984 g/mol. The molecule has 0 amide bonds. The first kappa shape index (κ1) is 48.9. The molecule has 0 atom stereocenters. The third-order valence-electron chi connectivity index (χ3n) is 7.05. The van der Waals surface area contributed by atoms with Gasteiger partial charge in [0.2, 0.25) is 0 Å². The van der Waals surface area contributed by atoms with Crippen molar-refractivity contribution in [3.63, 3.8) is 0 Å². The molecule has 0 spiro atoms. The maximum absolute atomic E-state index is 12.8. The normalized spacial score (nSPS) is 12.9. The monoisotopic (exact) mass is 983 g/mol. The summed E-state index contributed by atoms with van der Waals surface area (Å²) in [7, 11) is -18.6. The summed E-state index contributed by atoms with van der Waals surface area (Å²) in [5.41, 5.74) is 4.73. The van der Waals surface area contributed by atoms with Crippen LogP contribution >= 0.6 is 36.4 Å². The van der Waals surface area contributed by atoms with Gasteiger partial charge in [0.05, 0.1) is 74.1 Å². The summed E-state index contributed by atoms with van der Waals surface area (Å²) in [6, 6.07) is 9.32. The molecule has 27 nitrogen and oxygen atoms in total. The maximum Gasteiger partial charge on any atom is 0.397 e.